The van der Waals surface area contributed by atoms with E-state index in [1.807, 2.05) is 37.1 Å². The van der Waals surface area contributed by atoms with Gasteiger partial charge < -0.3 is 14.8 Å². The Morgan fingerprint density at radius 1 is 1.25 bits per heavy atom. The van der Waals surface area contributed by atoms with Crippen LogP contribution in [0.2, 0.25) is 0 Å². The average molecular weight is 325 g/mol. The normalized spacial score (nSPS) is 17.5. The molecule has 3 rings (SSSR count). The van der Waals surface area contributed by atoms with Crippen LogP contribution in [-0.4, -0.2) is 42.1 Å². The Labute approximate surface area is 144 Å². The van der Waals surface area contributed by atoms with E-state index in [1.165, 1.54) is 5.56 Å². The first-order valence-electron chi connectivity index (χ1n) is 8.71. The molecule has 1 aliphatic heterocycles. The number of aryl methyl sites for hydroxylation is 2. The molecule has 1 aromatic heterocycles. The first-order valence-corrected chi connectivity index (χ1v) is 8.71. The number of rotatable bonds is 4. The molecule has 0 spiro atoms. The predicted octanol–water partition coefficient (Wildman–Crippen LogP) is 3.08. The van der Waals surface area contributed by atoms with E-state index in [-0.39, 0.29) is 5.91 Å². The van der Waals surface area contributed by atoms with E-state index in [9.17, 15) is 4.79 Å². The second kappa shape index (κ2) is 6.81. The summed E-state index contributed by atoms with van der Waals surface area (Å²) in [4.78, 5) is 15.0. The molecule has 1 unspecified atom stereocenters. The van der Waals surface area contributed by atoms with Gasteiger partial charge in [-0.05, 0) is 64.4 Å². The Balaban J connectivity index is 1.90. The zero-order chi connectivity index (χ0) is 17.3. The van der Waals surface area contributed by atoms with Gasteiger partial charge in [0.1, 0.15) is 0 Å². The summed E-state index contributed by atoms with van der Waals surface area (Å²) >= 11 is 0. The second-order valence-corrected chi connectivity index (χ2v) is 6.87. The minimum atomic E-state index is 0.168. The minimum absolute atomic E-state index is 0.168. The summed E-state index contributed by atoms with van der Waals surface area (Å²) in [5, 5.41) is 3.22. The van der Waals surface area contributed by atoms with E-state index >= 15 is 0 Å². The van der Waals surface area contributed by atoms with Gasteiger partial charge in [-0.15, -0.1) is 0 Å². The SMILES string of the molecule is CNCC1CCN(C(=O)c2cc(C)n(-c3ccccc3C)c2C)C1. The Hall–Kier alpha value is -2.07. The van der Waals surface area contributed by atoms with Crippen LogP contribution in [0.1, 0.15) is 33.7 Å². The Kier molecular flexibility index (Phi) is 4.76. The number of nitrogens with one attached hydrogen (secondary N) is 1. The van der Waals surface area contributed by atoms with Gasteiger partial charge in [-0.3, -0.25) is 4.79 Å². The zero-order valence-corrected chi connectivity index (χ0v) is 15.1. The number of hydrogen-bond donors (Lipinski definition) is 1. The van der Waals surface area contributed by atoms with Crippen LogP contribution >= 0.6 is 0 Å². The van der Waals surface area contributed by atoms with Gasteiger partial charge in [0.25, 0.3) is 5.91 Å². The molecule has 0 radical (unpaired) electrons. The average Bonchev–Trinajstić information content (AvgIpc) is 3.13. The molecule has 2 heterocycles. The van der Waals surface area contributed by atoms with Crippen molar-refractivity contribution < 1.29 is 4.79 Å². The Morgan fingerprint density at radius 2 is 2.00 bits per heavy atom. The molecular formula is C20H27N3O. The standard InChI is InChI=1S/C20H27N3O/c1-14-7-5-6-8-19(14)23-15(2)11-18(16(23)3)20(24)22-10-9-17(13-22)12-21-4/h5-8,11,17,21H,9-10,12-13H2,1-4H3. The van der Waals surface area contributed by atoms with Crippen molar-refractivity contribution in [1.29, 1.82) is 0 Å². The van der Waals surface area contributed by atoms with Crippen molar-refractivity contribution in [2.45, 2.75) is 27.2 Å². The van der Waals surface area contributed by atoms with E-state index in [0.29, 0.717) is 5.92 Å². The van der Waals surface area contributed by atoms with Crippen LogP contribution in [0.25, 0.3) is 5.69 Å². The summed E-state index contributed by atoms with van der Waals surface area (Å²) in [7, 11) is 1.97. The van der Waals surface area contributed by atoms with Crippen molar-refractivity contribution in [3.8, 4) is 5.69 Å². The van der Waals surface area contributed by atoms with Crippen LogP contribution in [0.5, 0.6) is 0 Å². The third-order valence-corrected chi connectivity index (χ3v) is 5.08. The number of benzene rings is 1. The van der Waals surface area contributed by atoms with Gasteiger partial charge in [0, 0.05) is 30.2 Å². The number of amides is 1. The number of carbonyl (C=O) groups is 1. The lowest BCUT2D eigenvalue weighted by Gasteiger charge is -2.17. The first kappa shape index (κ1) is 16.8. The third-order valence-electron chi connectivity index (χ3n) is 5.08. The largest absolute Gasteiger partial charge is 0.338 e. The number of para-hydroxylation sites is 1. The molecule has 4 heteroatoms. The lowest BCUT2D eigenvalue weighted by Crippen LogP contribution is -2.30. The summed E-state index contributed by atoms with van der Waals surface area (Å²) in [6.07, 6.45) is 1.09. The van der Waals surface area contributed by atoms with E-state index in [1.54, 1.807) is 0 Å². The van der Waals surface area contributed by atoms with Gasteiger partial charge in [0.15, 0.2) is 0 Å². The number of nitrogens with zero attached hydrogens (tertiary/aromatic N) is 2. The molecule has 1 amide bonds. The van der Waals surface area contributed by atoms with E-state index in [4.69, 9.17) is 0 Å². The molecule has 1 aliphatic rings. The summed E-state index contributed by atoms with van der Waals surface area (Å²) in [5.41, 5.74) is 5.34. The highest BCUT2D eigenvalue weighted by Gasteiger charge is 2.28. The van der Waals surface area contributed by atoms with Gasteiger partial charge in [0.05, 0.1) is 5.56 Å². The van der Waals surface area contributed by atoms with Crippen LogP contribution in [-0.2, 0) is 0 Å². The number of carbonyl (C=O) groups excluding carboxylic acids is 1. The number of likely N-dealkylation sites (tertiary alicyclic amines) is 1. The lowest BCUT2D eigenvalue weighted by molar-refractivity contribution is 0.0786. The zero-order valence-electron chi connectivity index (χ0n) is 15.1. The molecule has 0 bridgehead atoms. The summed E-state index contributed by atoms with van der Waals surface area (Å²) < 4.78 is 2.20. The molecule has 1 saturated heterocycles. The van der Waals surface area contributed by atoms with Gasteiger partial charge in [0.2, 0.25) is 0 Å². The Bertz CT molecular complexity index is 747. The van der Waals surface area contributed by atoms with Crippen molar-refractivity contribution in [2.75, 3.05) is 26.7 Å². The van der Waals surface area contributed by atoms with Gasteiger partial charge >= 0.3 is 0 Å². The molecule has 0 saturated carbocycles. The second-order valence-electron chi connectivity index (χ2n) is 6.87. The highest BCUT2D eigenvalue weighted by molar-refractivity contribution is 5.96. The molecule has 1 fully saturated rings. The summed E-state index contributed by atoms with van der Waals surface area (Å²) in [6, 6.07) is 10.4. The minimum Gasteiger partial charge on any atom is -0.338 e. The van der Waals surface area contributed by atoms with Crippen molar-refractivity contribution in [2.24, 2.45) is 5.92 Å². The van der Waals surface area contributed by atoms with Crippen LogP contribution < -0.4 is 5.32 Å². The van der Waals surface area contributed by atoms with E-state index in [0.717, 1.165) is 48.7 Å². The summed E-state index contributed by atoms with van der Waals surface area (Å²) in [5.74, 6) is 0.736. The maximum atomic E-state index is 13.0. The first-order chi connectivity index (χ1) is 11.5. The van der Waals surface area contributed by atoms with Crippen molar-refractivity contribution in [3.05, 3.63) is 52.8 Å². The van der Waals surface area contributed by atoms with Crippen LogP contribution in [0.4, 0.5) is 0 Å². The molecule has 2 aromatic rings. The fourth-order valence-corrected chi connectivity index (χ4v) is 3.81. The third kappa shape index (κ3) is 2.98. The Morgan fingerprint density at radius 3 is 2.71 bits per heavy atom. The van der Waals surface area contributed by atoms with Crippen LogP contribution in [0, 0.1) is 26.7 Å². The topological polar surface area (TPSA) is 37.3 Å². The van der Waals surface area contributed by atoms with Crippen LogP contribution in [0.15, 0.2) is 30.3 Å². The van der Waals surface area contributed by atoms with E-state index in [2.05, 4.69) is 35.9 Å². The molecule has 1 atom stereocenters. The monoisotopic (exact) mass is 325 g/mol. The molecule has 24 heavy (non-hydrogen) atoms. The lowest BCUT2D eigenvalue weighted by atomic mass is 10.1. The number of hydrogen-bond acceptors (Lipinski definition) is 2. The molecular weight excluding hydrogens is 298 g/mol. The van der Waals surface area contributed by atoms with Gasteiger partial charge in [-0.25, -0.2) is 0 Å². The van der Waals surface area contributed by atoms with Crippen LogP contribution in [0.3, 0.4) is 0 Å². The van der Waals surface area contributed by atoms with E-state index < -0.39 is 0 Å². The fourth-order valence-electron chi connectivity index (χ4n) is 3.81. The predicted molar refractivity (Wildman–Crippen MR) is 97.9 cm³/mol. The highest BCUT2D eigenvalue weighted by Crippen LogP contribution is 2.26. The van der Waals surface area contributed by atoms with Crippen molar-refractivity contribution >= 4 is 5.91 Å². The molecule has 1 aromatic carbocycles. The highest BCUT2D eigenvalue weighted by atomic mass is 16.2. The molecule has 4 nitrogen and oxygen atoms in total. The number of aromatic nitrogens is 1. The molecule has 128 valence electrons. The maximum absolute atomic E-state index is 13.0. The molecule has 0 aliphatic carbocycles. The fraction of sp³-hybridized carbons (Fsp3) is 0.450. The smallest absolute Gasteiger partial charge is 0.255 e. The van der Waals surface area contributed by atoms with Gasteiger partial charge in [-0.1, -0.05) is 18.2 Å². The molecule has 1 N–H and O–H groups in total. The quantitative estimate of drug-likeness (QED) is 0.938. The maximum Gasteiger partial charge on any atom is 0.255 e. The van der Waals surface area contributed by atoms with Crippen molar-refractivity contribution in [3.63, 3.8) is 0 Å². The summed E-state index contributed by atoms with van der Waals surface area (Å²) in [6.45, 7) is 8.93. The van der Waals surface area contributed by atoms with Gasteiger partial charge in [-0.2, -0.15) is 0 Å². The van der Waals surface area contributed by atoms with Crippen molar-refractivity contribution in [1.82, 2.24) is 14.8 Å².